The van der Waals surface area contributed by atoms with Gasteiger partial charge in [0, 0.05) is 43.8 Å². The molecular weight excluding hydrogens is 537 g/mol. The van der Waals surface area contributed by atoms with Crippen LogP contribution in [0.1, 0.15) is 31.2 Å². The summed E-state index contributed by atoms with van der Waals surface area (Å²) < 4.78 is 36.3. The zero-order valence-corrected chi connectivity index (χ0v) is 21.7. The number of nitrogens with zero attached hydrogens (tertiary/aromatic N) is 1. The highest BCUT2D eigenvalue weighted by atomic mass is 35.5. The Bertz CT molecular complexity index is 1450. The number of aromatic amines is 1. The molecule has 0 saturated carbocycles. The number of amides is 3. The number of anilines is 2. The molecule has 3 amide bonds. The van der Waals surface area contributed by atoms with Crippen molar-refractivity contribution in [1.82, 2.24) is 15.2 Å². The molecule has 10 nitrogen and oxygen atoms in total. The highest BCUT2D eigenvalue weighted by Crippen LogP contribution is 2.20. The quantitative estimate of drug-likeness (QED) is 0.333. The molecule has 1 saturated heterocycles. The average molecular weight is 562 g/mol. The Labute approximate surface area is 223 Å². The van der Waals surface area contributed by atoms with Crippen molar-refractivity contribution in [3.8, 4) is 0 Å². The number of aromatic nitrogens is 1. The van der Waals surface area contributed by atoms with Crippen molar-refractivity contribution in [2.45, 2.75) is 0 Å². The summed E-state index contributed by atoms with van der Waals surface area (Å²) in [6.45, 7) is 1.67. The van der Waals surface area contributed by atoms with Crippen LogP contribution in [0.25, 0.3) is 0 Å². The van der Waals surface area contributed by atoms with Crippen LogP contribution in [0, 0.1) is 5.82 Å². The van der Waals surface area contributed by atoms with Crippen LogP contribution in [0.4, 0.5) is 15.8 Å². The van der Waals surface area contributed by atoms with Crippen molar-refractivity contribution < 1.29 is 27.2 Å². The number of nitrogens with one attached hydrogen (secondary N) is 4. The minimum absolute atomic E-state index is 0.0147. The SMILES string of the molecule is O=C(Nc1ccc(NC(=O)c2[nH]ccc2C(=O)NCCN2CCS(=O)(=O)CC2)cc1)c1ccc(F)cc1Cl. The van der Waals surface area contributed by atoms with Crippen LogP contribution < -0.4 is 16.0 Å². The van der Waals surface area contributed by atoms with Gasteiger partial charge in [-0.15, -0.1) is 0 Å². The fourth-order valence-corrected chi connectivity index (χ4v) is 5.38. The van der Waals surface area contributed by atoms with Crippen LogP contribution in [0.15, 0.2) is 54.7 Å². The number of sulfone groups is 1. The van der Waals surface area contributed by atoms with Crippen LogP contribution in [-0.2, 0) is 9.84 Å². The van der Waals surface area contributed by atoms with Gasteiger partial charge in [0.2, 0.25) is 0 Å². The minimum atomic E-state index is -2.97. The molecule has 1 fully saturated rings. The number of hydrogen-bond acceptors (Lipinski definition) is 6. The lowest BCUT2D eigenvalue weighted by atomic mass is 10.2. The van der Waals surface area contributed by atoms with E-state index >= 15 is 0 Å². The summed E-state index contributed by atoms with van der Waals surface area (Å²) >= 11 is 5.93. The van der Waals surface area contributed by atoms with Crippen molar-refractivity contribution in [2.24, 2.45) is 0 Å². The number of carbonyl (C=O) groups is 3. The van der Waals surface area contributed by atoms with Gasteiger partial charge < -0.3 is 20.9 Å². The minimum Gasteiger partial charge on any atom is -0.357 e. The van der Waals surface area contributed by atoms with Gasteiger partial charge in [-0.1, -0.05) is 11.6 Å². The Hall–Kier alpha value is -3.74. The Balaban J connectivity index is 1.30. The van der Waals surface area contributed by atoms with Gasteiger partial charge in [-0.05, 0) is 48.5 Å². The number of carbonyl (C=O) groups excluding carboxylic acids is 3. The second-order valence-electron chi connectivity index (χ2n) is 8.63. The number of rotatable bonds is 8. The third kappa shape index (κ3) is 6.97. The first-order valence-corrected chi connectivity index (χ1v) is 13.9. The van der Waals surface area contributed by atoms with E-state index in [1.165, 1.54) is 18.3 Å². The third-order valence-electron chi connectivity index (χ3n) is 5.95. The fourth-order valence-electron chi connectivity index (χ4n) is 3.85. The van der Waals surface area contributed by atoms with Crippen molar-refractivity contribution in [3.63, 3.8) is 0 Å². The van der Waals surface area contributed by atoms with Crippen LogP contribution in [0.3, 0.4) is 0 Å². The van der Waals surface area contributed by atoms with Gasteiger partial charge in [-0.2, -0.15) is 0 Å². The highest BCUT2D eigenvalue weighted by molar-refractivity contribution is 7.91. The lowest BCUT2D eigenvalue weighted by molar-refractivity contribution is 0.0935. The maximum atomic E-state index is 13.2. The lowest BCUT2D eigenvalue weighted by Gasteiger charge is -2.26. The maximum absolute atomic E-state index is 13.2. The van der Waals surface area contributed by atoms with E-state index in [4.69, 9.17) is 11.6 Å². The van der Waals surface area contributed by atoms with E-state index in [1.54, 1.807) is 24.3 Å². The molecule has 2 heterocycles. The standard InChI is InChI=1S/C25H25ClFN5O5S/c26-21-15-16(27)1-6-19(21)24(34)30-17-2-4-18(5-3-17)31-25(35)22-20(7-8-28-22)23(33)29-9-10-32-11-13-38(36,37)14-12-32/h1-8,15,28H,9-14H2,(H,29,33)(H,30,34)(H,31,35). The van der Waals surface area contributed by atoms with Crippen LogP contribution in [0.2, 0.25) is 5.02 Å². The summed E-state index contributed by atoms with van der Waals surface area (Å²) in [4.78, 5) is 42.6. The molecule has 0 spiro atoms. The van der Waals surface area contributed by atoms with E-state index in [2.05, 4.69) is 20.9 Å². The Morgan fingerprint density at radius 3 is 2.16 bits per heavy atom. The summed E-state index contributed by atoms with van der Waals surface area (Å²) in [5, 5.41) is 8.08. The zero-order chi connectivity index (χ0) is 27.3. The number of benzene rings is 2. The highest BCUT2D eigenvalue weighted by Gasteiger charge is 2.22. The van der Waals surface area contributed by atoms with Gasteiger partial charge in [0.1, 0.15) is 11.5 Å². The molecule has 1 aliphatic heterocycles. The molecule has 38 heavy (non-hydrogen) atoms. The van der Waals surface area contributed by atoms with Crippen LogP contribution in [-0.4, -0.2) is 73.7 Å². The maximum Gasteiger partial charge on any atom is 0.272 e. The Kier molecular flexibility index (Phi) is 8.45. The topological polar surface area (TPSA) is 140 Å². The van der Waals surface area contributed by atoms with Gasteiger partial charge in [-0.3, -0.25) is 19.3 Å². The number of halogens is 2. The summed E-state index contributed by atoms with van der Waals surface area (Å²) in [7, 11) is -2.97. The van der Waals surface area contributed by atoms with E-state index in [-0.39, 0.29) is 33.3 Å². The molecule has 0 bridgehead atoms. The average Bonchev–Trinajstić information content (AvgIpc) is 3.36. The van der Waals surface area contributed by atoms with Crippen molar-refractivity contribution in [2.75, 3.05) is 48.3 Å². The fraction of sp³-hybridized carbons (Fsp3) is 0.240. The molecule has 1 aliphatic rings. The molecule has 1 aromatic heterocycles. The van der Waals surface area contributed by atoms with Crippen LogP contribution >= 0.6 is 11.6 Å². The van der Waals surface area contributed by atoms with E-state index in [0.29, 0.717) is 37.6 Å². The summed E-state index contributed by atoms with van der Waals surface area (Å²) in [5.74, 6) is -1.81. The molecule has 0 aliphatic carbocycles. The molecule has 0 radical (unpaired) electrons. The molecule has 3 aromatic rings. The molecule has 2 aromatic carbocycles. The molecule has 0 unspecified atom stereocenters. The zero-order valence-electron chi connectivity index (χ0n) is 20.1. The van der Waals surface area contributed by atoms with Crippen molar-refractivity contribution in [1.29, 1.82) is 0 Å². The summed E-state index contributed by atoms with van der Waals surface area (Å²) in [6, 6.07) is 11.2. The molecule has 0 atom stereocenters. The second-order valence-corrected chi connectivity index (χ2v) is 11.3. The predicted octanol–water partition coefficient (Wildman–Crippen LogP) is 2.77. The molecular formula is C25H25ClFN5O5S. The van der Waals surface area contributed by atoms with E-state index < -0.39 is 33.4 Å². The first-order valence-electron chi connectivity index (χ1n) is 11.7. The van der Waals surface area contributed by atoms with E-state index in [0.717, 1.165) is 12.1 Å². The first-order chi connectivity index (χ1) is 18.1. The largest absolute Gasteiger partial charge is 0.357 e. The Morgan fingerprint density at radius 2 is 1.53 bits per heavy atom. The van der Waals surface area contributed by atoms with Crippen molar-refractivity contribution in [3.05, 3.63) is 82.4 Å². The smallest absolute Gasteiger partial charge is 0.272 e. The van der Waals surface area contributed by atoms with Gasteiger partial charge in [-0.25, -0.2) is 12.8 Å². The molecule has 13 heteroatoms. The van der Waals surface area contributed by atoms with E-state index in [1.807, 2.05) is 4.90 Å². The van der Waals surface area contributed by atoms with Crippen molar-refractivity contribution >= 4 is 50.5 Å². The monoisotopic (exact) mass is 561 g/mol. The van der Waals surface area contributed by atoms with Crippen LogP contribution in [0.5, 0.6) is 0 Å². The van der Waals surface area contributed by atoms with Gasteiger partial charge in [0.25, 0.3) is 17.7 Å². The normalized spacial score (nSPS) is 15.0. The van der Waals surface area contributed by atoms with E-state index in [9.17, 15) is 27.2 Å². The Morgan fingerprint density at radius 1 is 0.895 bits per heavy atom. The number of H-pyrrole nitrogens is 1. The first kappa shape index (κ1) is 27.3. The molecule has 200 valence electrons. The van der Waals surface area contributed by atoms with Gasteiger partial charge >= 0.3 is 0 Å². The van der Waals surface area contributed by atoms with Gasteiger partial charge in [0.15, 0.2) is 9.84 Å². The lowest BCUT2D eigenvalue weighted by Crippen LogP contribution is -2.43. The summed E-state index contributed by atoms with van der Waals surface area (Å²) in [6.07, 6.45) is 1.48. The summed E-state index contributed by atoms with van der Waals surface area (Å²) in [5.41, 5.74) is 1.22. The second kappa shape index (κ2) is 11.8. The third-order valence-corrected chi connectivity index (χ3v) is 7.87. The molecule has 4 N–H and O–H groups in total. The number of hydrogen-bond donors (Lipinski definition) is 4. The predicted molar refractivity (Wildman–Crippen MR) is 142 cm³/mol. The van der Waals surface area contributed by atoms with Gasteiger partial charge in [0.05, 0.1) is 27.7 Å². The molecule has 4 rings (SSSR count).